The van der Waals surface area contributed by atoms with Crippen LogP contribution in [0.15, 0.2) is 0 Å². The molecule has 0 rings (SSSR count). The standard InChI is InChI=1S/4ClH.H2O4S.Pb/c;;;;1-5(2,3)4;/h4*1H;(H2,1,2,3,4);/q;;;;;+2/p-2. The summed E-state index contributed by atoms with van der Waals surface area (Å²) in [6.45, 7) is 0. The molecular formula is H4Cl4O4PbS. The normalized spacial score (nSPS) is 5.80. The second-order valence-corrected chi connectivity index (χ2v) is 1.22. The number of rotatable bonds is 0. The van der Waals surface area contributed by atoms with E-state index in [9.17, 15) is 0 Å². The number of hydrogen-bond donors (Lipinski definition) is 0. The van der Waals surface area contributed by atoms with E-state index in [0.717, 1.165) is 0 Å². The zero-order valence-corrected chi connectivity index (χ0v) is 12.1. The fourth-order valence-electron chi connectivity index (χ4n) is 0. The van der Waals surface area contributed by atoms with Gasteiger partial charge in [0.2, 0.25) is 0 Å². The van der Waals surface area contributed by atoms with Crippen LogP contribution in [-0.2, 0) is 10.4 Å². The molecule has 10 heteroatoms. The molecule has 2 radical (unpaired) electrons. The predicted molar refractivity (Wildman–Crippen MR) is 45.2 cm³/mol. The molecule has 66 valence electrons. The van der Waals surface area contributed by atoms with Crippen LogP contribution in [0.4, 0.5) is 0 Å². The van der Waals surface area contributed by atoms with Gasteiger partial charge in [-0.1, -0.05) is 0 Å². The van der Waals surface area contributed by atoms with Gasteiger partial charge in [-0.3, -0.25) is 8.42 Å². The summed E-state index contributed by atoms with van der Waals surface area (Å²) in [5.41, 5.74) is 0. The van der Waals surface area contributed by atoms with Crippen LogP contribution in [0.25, 0.3) is 0 Å². The number of halogens is 4. The minimum absolute atomic E-state index is 0. The zero-order chi connectivity index (χ0) is 4.50. The fraction of sp³-hybridized carbons (Fsp3) is 0. The van der Waals surface area contributed by atoms with E-state index in [1.165, 1.54) is 0 Å². The predicted octanol–water partition coefficient (Wildman–Crippen LogP) is -0.0316. The van der Waals surface area contributed by atoms with E-state index >= 15 is 0 Å². The SMILES string of the molecule is Cl.Cl.Cl.Cl.O=S(=O)([O-])[O-].[Pb+2]. The second-order valence-electron chi connectivity index (χ2n) is 0.408. The van der Waals surface area contributed by atoms with Crippen molar-refractivity contribution in [1.29, 1.82) is 0 Å². The van der Waals surface area contributed by atoms with Crippen molar-refractivity contribution in [2.45, 2.75) is 0 Å². The van der Waals surface area contributed by atoms with E-state index in [4.69, 9.17) is 17.5 Å². The second kappa shape index (κ2) is 17.2. The molecule has 0 aromatic heterocycles. The van der Waals surface area contributed by atoms with Crippen molar-refractivity contribution in [3.05, 3.63) is 0 Å². The first-order valence-corrected chi connectivity index (χ1v) is 2.00. The third kappa shape index (κ3) is 209. The molecule has 0 saturated carbocycles. The van der Waals surface area contributed by atoms with Gasteiger partial charge in [0.15, 0.2) is 0 Å². The maximum absolute atomic E-state index is 8.52. The van der Waals surface area contributed by atoms with Gasteiger partial charge in [0, 0.05) is 10.4 Å². The van der Waals surface area contributed by atoms with Crippen LogP contribution in [0.2, 0.25) is 0 Å². The summed E-state index contributed by atoms with van der Waals surface area (Å²) in [5, 5.41) is 0. The Labute approximate surface area is 104 Å². The molecule has 0 amide bonds. The summed E-state index contributed by atoms with van der Waals surface area (Å²) in [7, 11) is -5.17. The third-order valence-electron chi connectivity index (χ3n) is 0. The van der Waals surface area contributed by atoms with Crippen LogP contribution in [0.1, 0.15) is 0 Å². The van der Waals surface area contributed by atoms with Gasteiger partial charge >= 0.3 is 27.3 Å². The van der Waals surface area contributed by atoms with E-state index in [1.807, 2.05) is 0 Å². The van der Waals surface area contributed by atoms with Crippen LogP contribution in [-0.4, -0.2) is 44.8 Å². The summed E-state index contributed by atoms with van der Waals surface area (Å²) >= 11 is 0. The molecule has 0 bridgehead atoms. The molecule has 0 unspecified atom stereocenters. The van der Waals surface area contributed by atoms with Crippen molar-refractivity contribution < 1.29 is 17.5 Å². The van der Waals surface area contributed by atoms with Crippen LogP contribution < -0.4 is 0 Å². The largest absolute Gasteiger partial charge is 2.00 e. The molecule has 0 aliphatic heterocycles. The van der Waals surface area contributed by atoms with E-state index in [1.54, 1.807) is 0 Å². The monoisotopic (exact) mass is 448 g/mol. The average molecular weight is 449 g/mol. The van der Waals surface area contributed by atoms with Gasteiger partial charge in [-0.05, 0) is 0 Å². The first-order valence-electron chi connectivity index (χ1n) is 0.667. The van der Waals surface area contributed by atoms with Crippen molar-refractivity contribution >= 4 is 87.3 Å². The molecule has 0 atom stereocenters. The maximum atomic E-state index is 8.52. The number of hydrogen-bond acceptors (Lipinski definition) is 4. The van der Waals surface area contributed by atoms with Crippen molar-refractivity contribution in [2.24, 2.45) is 0 Å². The summed E-state index contributed by atoms with van der Waals surface area (Å²) in [6.07, 6.45) is 0. The Bertz CT molecular complexity index is 100. The van der Waals surface area contributed by atoms with E-state index in [-0.39, 0.29) is 76.9 Å². The van der Waals surface area contributed by atoms with Crippen LogP contribution in [0.3, 0.4) is 0 Å². The van der Waals surface area contributed by atoms with E-state index in [0.29, 0.717) is 0 Å². The molecular weight excluding hydrogens is 445 g/mol. The van der Waals surface area contributed by atoms with Gasteiger partial charge in [0.1, 0.15) is 0 Å². The van der Waals surface area contributed by atoms with Crippen molar-refractivity contribution in [3.8, 4) is 0 Å². The minimum Gasteiger partial charge on any atom is -0.759 e. The Hall–Kier alpha value is 1.95. The van der Waals surface area contributed by atoms with E-state index in [2.05, 4.69) is 0 Å². The molecule has 0 aromatic carbocycles. The van der Waals surface area contributed by atoms with Crippen LogP contribution in [0.5, 0.6) is 0 Å². The van der Waals surface area contributed by atoms with Gasteiger partial charge in [0.05, 0.1) is 0 Å². The molecule has 0 spiro atoms. The summed E-state index contributed by atoms with van der Waals surface area (Å²) in [5.74, 6) is 0. The van der Waals surface area contributed by atoms with Crippen molar-refractivity contribution in [2.75, 3.05) is 0 Å². The summed E-state index contributed by atoms with van der Waals surface area (Å²) < 4.78 is 34.1. The molecule has 0 saturated heterocycles. The Morgan fingerprint density at radius 2 is 0.800 bits per heavy atom. The van der Waals surface area contributed by atoms with Crippen LogP contribution in [0, 0.1) is 0 Å². The minimum atomic E-state index is -5.17. The average Bonchev–Trinajstić information content (AvgIpc) is 0.722. The molecule has 0 aromatic rings. The smallest absolute Gasteiger partial charge is 0.759 e. The fourth-order valence-corrected chi connectivity index (χ4v) is 0. The van der Waals surface area contributed by atoms with E-state index < -0.39 is 10.4 Å². The van der Waals surface area contributed by atoms with Crippen molar-refractivity contribution in [1.82, 2.24) is 0 Å². The summed E-state index contributed by atoms with van der Waals surface area (Å²) in [4.78, 5) is 0. The van der Waals surface area contributed by atoms with Crippen LogP contribution >= 0.6 is 49.6 Å². The van der Waals surface area contributed by atoms with Crippen molar-refractivity contribution in [3.63, 3.8) is 0 Å². The van der Waals surface area contributed by atoms with Gasteiger partial charge in [-0.2, -0.15) is 0 Å². The van der Waals surface area contributed by atoms with Gasteiger partial charge in [0.25, 0.3) is 0 Å². The Morgan fingerprint density at radius 1 is 0.800 bits per heavy atom. The molecule has 0 aliphatic carbocycles. The molecule has 4 nitrogen and oxygen atoms in total. The Morgan fingerprint density at radius 3 is 0.800 bits per heavy atom. The quantitative estimate of drug-likeness (QED) is 0.296. The first kappa shape index (κ1) is 40.5. The molecule has 0 heterocycles. The third-order valence-corrected chi connectivity index (χ3v) is 0. The molecule has 0 aliphatic rings. The van der Waals surface area contributed by atoms with Gasteiger partial charge in [-0.15, -0.1) is 49.6 Å². The first-order chi connectivity index (χ1) is 2.00. The Balaban J connectivity index is -0.00000000800. The molecule has 10 heavy (non-hydrogen) atoms. The molecule has 0 fully saturated rings. The van der Waals surface area contributed by atoms with Gasteiger partial charge < -0.3 is 9.11 Å². The maximum Gasteiger partial charge on any atom is 2.00 e. The Kier molecular flexibility index (Phi) is 69.4. The zero-order valence-electron chi connectivity index (χ0n) is 4.17. The van der Waals surface area contributed by atoms with Gasteiger partial charge in [-0.25, -0.2) is 0 Å². The molecule has 0 N–H and O–H groups in total. The summed E-state index contributed by atoms with van der Waals surface area (Å²) in [6, 6.07) is 0. The topological polar surface area (TPSA) is 80.3 Å².